The van der Waals surface area contributed by atoms with Crippen LogP contribution >= 0.6 is 11.6 Å². The van der Waals surface area contributed by atoms with E-state index in [4.69, 9.17) is 22.4 Å². The largest absolute Gasteiger partial charge is 0.504 e. The van der Waals surface area contributed by atoms with Gasteiger partial charge in [-0.05, 0) is 19.1 Å². The van der Waals surface area contributed by atoms with Gasteiger partial charge < -0.3 is 10.8 Å². The van der Waals surface area contributed by atoms with Crippen molar-refractivity contribution in [1.29, 1.82) is 0 Å². The van der Waals surface area contributed by atoms with Gasteiger partial charge in [0.05, 0.1) is 10.7 Å². The number of benzene rings is 1. The molecule has 4 heteroatoms. The van der Waals surface area contributed by atoms with Gasteiger partial charge in [-0.2, -0.15) is 0 Å². The van der Waals surface area contributed by atoms with Gasteiger partial charge in [0.2, 0.25) is 0 Å². The fourth-order valence-electron chi connectivity index (χ4n) is 0.824. The third-order valence-corrected chi connectivity index (χ3v) is 1.79. The molecule has 3 N–H and O–H groups in total. The van der Waals surface area contributed by atoms with E-state index in [1.165, 1.54) is 19.1 Å². The number of rotatable bonds is 1. The maximum atomic E-state index is 10.9. The molecule has 0 saturated heterocycles. The van der Waals surface area contributed by atoms with Crippen LogP contribution in [0.4, 0.5) is 5.69 Å². The first-order chi connectivity index (χ1) is 5.52. The van der Waals surface area contributed by atoms with E-state index in [0.29, 0.717) is 5.56 Å². The summed E-state index contributed by atoms with van der Waals surface area (Å²) in [6.45, 7) is 1.40. The fourth-order valence-corrected chi connectivity index (χ4v) is 1.05. The number of nitrogens with two attached hydrogens (primary N) is 1. The van der Waals surface area contributed by atoms with E-state index in [0.717, 1.165) is 0 Å². The Labute approximate surface area is 74.8 Å². The van der Waals surface area contributed by atoms with Crippen LogP contribution < -0.4 is 5.73 Å². The Balaban J connectivity index is 3.31. The lowest BCUT2D eigenvalue weighted by Gasteiger charge is -2.02. The first-order valence-electron chi connectivity index (χ1n) is 3.31. The molecule has 0 aliphatic heterocycles. The summed E-state index contributed by atoms with van der Waals surface area (Å²) in [5.41, 5.74) is 5.89. The minimum atomic E-state index is -0.179. The number of nitrogen functional groups attached to an aromatic ring is 1. The molecule has 1 aromatic carbocycles. The van der Waals surface area contributed by atoms with E-state index in [2.05, 4.69) is 0 Å². The number of anilines is 1. The predicted molar refractivity (Wildman–Crippen MR) is 47.5 cm³/mol. The molecule has 3 nitrogen and oxygen atoms in total. The quantitative estimate of drug-likeness (QED) is 0.399. The highest BCUT2D eigenvalue weighted by Crippen LogP contribution is 2.30. The molecule has 12 heavy (non-hydrogen) atoms. The third-order valence-electron chi connectivity index (χ3n) is 1.50. The molecule has 0 radical (unpaired) electrons. The van der Waals surface area contributed by atoms with Crippen LogP contribution in [0.2, 0.25) is 5.02 Å². The Hall–Kier alpha value is -1.22. The van der Waals surface area contributed by atoms with E-state index in [1.807, 2.05) is 0 Å². The van der Waals surface area contributed by atoms with Crippen LogP contribution in [0.1, 0.15) is 17.3 Å². The molecule has 0 aliphatic carbocycles. The zero-order valence-corrected chi connectivity index (χ0v) is 7.22. The second-order valence-electron chi connectivity index (χ2n) is 2.45. The van der Waals surface area contributed by atoms with Gasteiger partial charge in [0.25, 0.3) is 0 Å². The minimum Gasteiger partial charge on any atom is -0.504 e. The molecule has 0 heterocycles. The summed E-state index contributed by atoms with van der Waals surface area (Å²) in [7, 11) is 0. The van der Waals surface area contributed by atoms with Crippen LogP contribution in [0.15, 0.2) is 12.1 Å². The molecule has 0 spiro atoms. The van der Waals surface area contributed by atoms with Crippen molar-refractivity contribution in [2.45, 2.75) is 6.92 Å². The van der Waals surface area contributed by atoms with Crippen molar-refractivity contribution in [3.63, 3.8) is 0 Å². The number of Topliss-reactive ketones (excluding diaryl/α,β-unsaturated/α-hetero) is 1. The van der Waals surface area contributed by atoms with Gasteiger partial charge in [-0.25, -0.2) is 0 Å². The molecule has 0 aromatic heterocycles. The van der Waals surface area contributed by atoms with Gasteiger partial charge in [0.15, 0.2) is 11.5 Å². The zero-order valence-electron chi connectivity index (χ0n) is 6.47. The second kappa shape index (κ2) is 3.03. The monoisotopic (exact) mass is 185 g/mol. The van der Waals surface area contributed by atoms with E-state index in [1.54, 1.807) is 0 Å². The topological polar surface area (TPSA) is 63.3 Å². The Morgan fingerprint density at radius 1 is 1.58 bits per heavy atom. The van der Waals surface area contributed by atoms with Crippen LogP contribution in [0.3, 0.4) is 0 Å². The van der Waals surface area contributed by atoms with Gasteiger partial charge in [-0.3, -0.25) is 4.79 Å². The van der Waals surface area contributed by atoms with Crippen molar-refractivity contribution >= 4 is 23.1 Å². The molecule has 0 saturated carbocycles. The second-order valence-corrected chi connectivity index (χ2v) is 2.86. The minimum absolute atomic E-state index is 0.0974. The van der Waals surface area contributed by atoms with E-state index in [9.17, 15) is 4.79 Å². The SMILES string of the molecule is CC(=O)c1cc(N)c(O)c(Cl)c1. The lowest BCUT2D eigenvalue weighted by molar-refractivity contribution is 0.101. The number of hydrogen-bond acceptors (Lipinski definition) is 3. The number of ketones is 1. The highest BCUT2D eigenvalue weighted by Gasteiger charge is 2.07. The number of hydrogen-bond donors (Lipinski definition) is 2. The number of aromatic hydroxyl groups is 1. The maximum Gasteiger partial charge on any atom is 0.159 e. The van der Waals surface area contributed by atoms with Crippen LogP contribution in [0.25, 0.3) is 0 Å². The number of halogens is 1. The van der Waals surface area contributed by atoms with Gasteiger partial charge in [-0.15, -0.1) is 0 Å². The lowest BCUT2D eigenvalue weighted by atomic mass is 10.1. The summed E-state index contributed by atoms with van der Waals surface area (Å²) >= 11 is 5.58. The average molecular weight is 186 g/mol. The fraction of sp³-hybridized carbons (Fsp3) is 0.125. The van der Waals surface area contributed by atoms with Gasteiger partial charge in [0.1, 0.15) is 0 Å². The summed E-state index contributed by atoms with van der Waals surface area (Å²) in [4.78, 5) is 10.9. The smallest absolute Gasteiger partial charge is 0.159 e. The third kappa shape index (κ3) is 1.51. The number of carbonyl (C=O) groups is 1. The van der Waals surface area contributed by atoms with Crippen molar-refractivity contribution in [2.75, 3.05) is 5.73 Å². The first-order valence-corrected chi connectivity index (χ1v) is 3.69. The molecule has 64 valence electrons. The Bertz CT molecular complexity index is 313. The number of phenolic OH excluding ortho intramolecular Hbond substituents is 1. The average Bonchev–Trinajstić information content (AvgIpc) is 1.99. The zero-order chi connectivity index (χ0) is 9.30. The Morgan fingerprint density at radius 2 is 2.17 bits per heavy atom. The van der Waals surface area contributed by atoms with E-state index < -0.39 is 0 Å². The molecule has 1 aromatic rings. The first kappa shape index (κ1) is 8.87. The van der Waals surface area contributed by atoms with Crippen LogP contribution in [-0.4, -0.2) is 10.9 Å². The summed E-state index contributed by atoms with van der Waals surface area (Å²) in [5, 5.41) is 9.24. The molecule has 0 bridgehead atoms. The number of carbonyl (C=O) groups excluding carboxylic acids is 1. The highest BCUT2D eigenvalue weighted by molar-refractivity contribution is 6.32. The van der Waals surface area contributed by atoms with E-state index >= 15 is 0 Å². The normalized spacial score (nSPS) is 9.83. The molecular formula is C8H8ClNO2. The molecule has 0 aliphatic rings. The van der Waals surface area contributed by atoms with E-state index in [-0.39, 0.29) is 22.2 Å². The summed E-state index contributed by atoms with van der Waals surface area (Å²) < 4.78 is 0. The summed E-state index contributed by atoms with van der Waals surface area (Å²) in [5.74, 6) is -0.315. The van der Waals surface area contributed by atoms with Crippen LogP contribution in [-0.2, 0) is 0 Å². The number of phenols is 1. The van der Waals surface area contributed by atoms with Gasteiger partial charge in [0, 0.05) is 5.56 Å². The van der Waals surface area contributed by atoms with Crippen molar-refractivity contribution < 1.29 is 9.90 Å². The maximum absolute atomic E-state index is 10.9. The highest BCUT2D eigenvalue weighted by atomic mass is 35.5. The van der Waals surface area contributed by atoms with Crippen molar-refractivity contribution in [3.05, 3.63) is 22.7 Å². The predicted octanol–water partition coefficient (Wildman–Crippen LogP) is 1.83. The van der Waals surface area contributed by atoms with Crippen LogP contribution in [0.5, 0.6) is 5.75 Å². The van der Waals surface area contributed by atoms with Crippen LogP contribution in [0, 0.1) is 0 Å². The lowest BCUT2D eigenvalue weighted by Crippen LogP contribution is -1.95. The Kier molecular flexibility index (Phi) is 2.24. The molecule has 0 amide bonds. The van der Waals surface area contributed by atoms with Crippen molar-refractivity contribution in [2.24, 2.45) is 0 Å². The van der Waals surface area contributed by atoms with Crippen molar-refractivity contribution in [1.82, 2.24) is 0 Å². The molecule has 0 unspecified atom stereocenters. The standard InChI is InChI=1S/C8H8ClNO2/c1-4(11)5-2-6(9)8(12)7(10)3-5/h2-3,12H,10H2,1H3. The summed E-state index contributed by atoms with van der Waals surface area (Å²) in [6, 6.07) is 2.78. The molecule has 0 fully saturated rings. The van der Waals surface area contributed by atoms with Crippen molar-refractivity contribution in [3.8, 4) is 5.75 Å². The van der Waals surface area contributed by atoms with Gasteiger partial charge >= 0.3 is 0 Å². The van der Waals surface area contributed by atoms with Gasteiger partial charge in [-0.1, -0.05) is 11.6 Å². The summed E-state index contributed by atoms with van der Waals surface area (Å²) in [6.07, 6.45) is 0. The molecular weight excluding hydrogens is 178 g/mol. The Morgan fingerprint density at radius 3 is 2.58 bits per heavy atom. The molecule has 1 rings (SSSR count). The molecule has 0 atom stereocenters.